The number of rotatable bonds is 6. The summed E-state index contributed by atoms with van der Waals surface area (Å²) in [6.07, 6.45) is 1.16. The van der Waals surface area contributed by atoms with Crippen LogP contribution in [0.5, 0.6) is 0 Å². The molecular weight excluding hydrogens is 224 g/mol. The maximum absolute atomic E-state index is 4.41. The van der Waals surface area contributed by atoms with Gasteiger partial charge in [-0.3, -0.25) is 4.99 Å². The molecule has 2 rings (SSSR count). The van der Waals surface area contributed by atoms with Crippen LogP contribution in [0.15, 0.2) is 29.3 Å². The standard InChI is InChI=1S/C14H22N4/c1-18(2)11-3-8-15-13-6-4-12(5-7-13)14-16-9-10-17-14/h4-7,15H,3,8-11H2,1-2H3,(H,16,17). The fourth-order valence-electron chi connectivity index (χ4n) is 1.97. The van der Waals surface area contributed by atoms with Crippen LogP contribution in [0.4, 0.5) is 5.69 Å². The monoisotopic (exact) mass is 246 g/mol. The summed E-state index contributed by atoms with van der Waals surface area (Å²) in [6.45, 7) is 3.97. The molecule has 1 heterocycles. The zero-order chi connectivity index (χ0) is 12.8. The second kappa shape index (κ2) is 6.40. The number of anilines is 1. The molecule has 0 spiro atoms. The van der Waals surface area contributed by atoms with Crippen molar-refractivity contribution in [1.29, 1.82) is 0 Å². The first-order valence-electron chi connectivity index (χ1n) is 6.53. The van der Waals surface area contributed by atoms with E-state index in [4.69, 9.17) is 0 Å². The van der Waals surface area contributed by atoms with E-state index in [2.05, 4.69) is 58.9 Å². The SMILES string of the molecule is CN(C)CCCNc1ccc(C2=NCCN2)cc1. The molecule has 0 aliphatic carbocycles. The summed E-state index contributed by atoms with van der Waals surface area (Å²) in [5.74, 6) is 1.02. The second-order valence-electron chi connectivity index (χ2n) is 4.82. The smallest absolute Gasteiger partial charge is 0.128 e. The van der Waals surface area contributed by atoms with Gasteiger partial charge in [0.25, 0.3) is 0 Å². The Balaban J connectivity index is 1.80. The molecule has 0 bridgehead atoms. The summed E-state index contributed by atoms with van der Waals surface area (Å²) in [4.78, 5) is 6.61. The van der Waals surface area contributed by atoms with E-state index in [1.807, 2.05) is 0 Å². The molecule has 4 nitrogen and oxygen atoms in total. The van der Waals surface area contributed by atoms with Crippen molar-refractivity contribution >= 4 is 11.5 Å². The Labute approximate surface area is 109 Å². The van der Waals surface area contributed by atoms with Crippen LogP contribution in [0.25, 0.3) is 0 Å². The molecule has 0 fully saturated rings. The predicted molar refractivity (Wildman–Crippen MR) is 77.5 cm³/mol. The molecule has 4 heteroatoms. The van der Waals surface area contributed by atoms with Crippen molar-refractivity contribution in [2.75, 3.05) is 45.6 Å². The van der Waals surface area contributed by atoms with Gasteiger partial charge >= 0.3 is 0 Å². The van der Waals surface area contributed by atoms with E-state index in [0.29, 0.717) is 0 Å². The fourth-order valence-corrected chi connectivity index (χ4v) is 1.97. The van der Waals surface area contributed by atoms with Gasteiger partial charge in [0.05, 0.1) is 6.54 Å². The maximum Gasteiger partial charge on any atom is 0.128 e. The van der Waals surface area contributed by atoms with E-state index in [1.165, 1.54) is 11.3 Å². The minimum absolute atomic E-state index is 0.889. The molecule has 0 aromatic heterocycles. The zero-order valence-corrected chi connectivity index (χ0v) is 11.2. The Hall–Kier alpha value is -1.55. The Kier molecular flexibility index (Phi) is 4.59. The van der Waals surface area contributed by atoms with E-state index >= 15 is 0 Å². The van der Waals surface area contributed by atoms with Crippen molar-refractivity contribution in [3.8, 4) is 0 Å². The third-order valence-electron chi connectivity index (χ3n) is 2.94. The third-order valence-corrected chi connectivity index (χ3v) is 2.94. The highest BCUT2D eigenvalue weighted by molar-refractivity contribution is 5.99. The molecule has 2 N–H and O–H groups in total. The molecule has 18 heavy (non-hydrogen) atoms. The fraction of sp³-hybridized carbons (Fsp3) is 0.500. The molecule has 0 saturated carbocycles. The highest BCUT2D eigenvalue weighted by Crippen LogP contribution is 2.10. The van der Waals surface area contributed by atoms with Crippen molar-refractivity contribution in [1.82, 2.24) is 10.2 Å². The van der Waals surface area contributed by atoms with Gasteiger partial charge in [0, 0.05) is 24.3 Å². The van der Waals surface area contributed by atoms with Crippen LogP contribution in [-0.4, -0.2) is 51.0 Å². The first kappa shape index (κ1) is 12.9. The first-order chi connectivity index (χ1) is 8.75. The highest BCUT2D eigenvalue weighted by Gasteiger charge is 2.06. The van der Waals surface area contributed by atoms with Crippen LogP contribution in [0, 0.1) is 0 Å². The van der Waals surface area contributed by atoms with Crippen molar-refractivity contribution in [3.63, 3.8) is 0 Å². The molecule has 0 atom stereocenters. The third kappa shape index (κ3) is 3.74. The van der Waals surface area contributed by atoms with Crippen molar-refractivity contribution in [2.24, 2.45) is 4.99 Å². The summed E-state index contributed by atoms with van der Waals surface area (Å²) in [7, 11) is 4.20. The number of aliphatic imine (C=N–C) groups is 1. The summed E-state index contributed by atoms with van der Waals surface area (Å²) >= 11 is 0. The van der Waals surface area contributed by atoms with Crippen molar-refractivity contribution in [2.45, 2.75) is 6.42 Å². The number of amidine groups is 1. The van der Waals surface area contributed by atoms with Gasteiger partial charge in [-0.05, 0) is 51.3 Å². The Morgan fingerprint density at radius 3 is 2.67 bits per heavy atom. The van der Waals surface area contributed by atoms with Crippen LogP contribution >= 0.6 is 0 Å². The summed E-state index contributed by atoms with van der Waals surface area (Å²) < 4.78 is 0. The van der Waals surface area contributed by atoms with Gasteiger partial charge in [-0.25, -0.2) is 0 Å². The average Bonchev–Trinajstić information content (AvgIpc) is 2.89. The zero-order valence-electron chi connectivity index (χ0n) is 11.2. The normalized spacial score (nSPS) is 14.5. The number of nitrogens with zero attached hydrogens (tertiary/aromatic N) is 2. The van der Waals surface area contributed by atoms with Crippen LogP contribution in [0.3, 0.4) is 0 Å². The quantitative estimate of drug-likeness (QED) is 0.745. The Morgan fingerprint density at radius 1 is 1.28 bits per heavy atom. The highest BCUT2D eigenvalue weighted by atomic mass is 15.1. The van der Waals surface area contributed by atoms with Gasteiger partial charge in [0.1, 0.15) is 5.84 Å². The molecule has 98 valence electrons. The average molecular weight is 246 g/mol. The maximum atomic E-state index is 4.41. The Bertz CT molecular complexity index is 395. The van der Waals surface area contributed by atoms with Crippen LogP contribution < -0.4 is 10.6 Å². The van der Waals surface area contributed by atoms with Crippen LogP contribution in [0.1, 0.15) is 12.0 Å². The second-order valence-corrected chi connectivity index (χ2v) is 4.82. The lowest BCUT2D eigenvalue weighted by Gasteiger charge is -2.11. The van der Waals surface area contributed by atoms with Gasteiger partial charge < -0.3 is 15.5 Å². The molecule has 0 unspecified atom stereocenters. The minimum atomic E-state index is 0.889. The van der Waals surface area contributed by atoms with E-state index in [1.54, 1.807) is 0 Å². The number of benzene rings is 1. The predicted octanol–water partition coefficient (Wildman–Crippen LogP) is 1.40. The van der Waals surface area contributed by atoms with Crippen LogP contribution in [0.2, 0.25) is 0 Å². The molecular formula is C14H22N4. The van der Waals surface area contributed by atoms with Crippen LogP contribution in [-0.2, 0) is 0 Å². The molecule has 0 radical (unpaired) electrons. The molecule has 0 amide bonds. The van der Waals surface area contributed by atoms with E-state index < -0.39 is 0 Å². The van der Waals surface area contributed by atoms with Crippen molar-refractivity contribution in [3.05, 3.63) is 29.8 Å². The number of hydrogen-bond acceptors (Lipinski definition) is 4. The molecule has 1 aliphatic rings. The summed E-state index contributed by atoms with van der Waals surface area (Å²) in [5.41, 5.74) is 2.35. The molecule has 1 aromatic carbocycles. The minimum Gasteiger partial charge on any atom is -0.385 e. The van der Waals surface area contributed by atoms with Gasteiger partial charge in [0.15, 0.2) is 0 Å². The molecule has 0 saturated heterocycles. The Morgan fingerprint density at radius 2 is 2.06 bits per heavy atom. The van der Waals surface area contributed by atoms with Crippen molar-refractivity contribution < 1.29 is 0 Å². The van der Waals surface area contributed by atoms with Gasteiger partial charge in [-0.15, -0.1) is 0 Å². The molecule has 1 aliphatic heterocycles. The first-order valence-corrected chi connectivity index (χ1v) is 6.53. The van der Waals surface area contributed by atoms with Gasteiger partial charge in [-0.2, -0.15) is 0 Å². The number of nitrogens with one attached hydrogen (secondary N) is 2. The summed E-state index contributed by atoms with van der Waals surface area (Å²) in [5, 5.41) is 6.71. The van der Waals surface area contributed by atoms with E-state index in [0.717, 1.165) is 38.4 Å². The lowest BCUT2D eigenvalue weighted by Crippen LogP contribution is -2.19. The van der Waals surface area contributed by atoms with Gasteiger partial charge in [-0.1, -0.05) is 0 Å². The van der Waals surface area contributed by atoms with Gasteiger partial charge in [0.2, 0.25) is 0 Å². The topological polar surface area (TPSA) is 39.7 Å². The number of hydrogen-bond donors (Lipinski definition) is 2. The van der Waals surface area contributed by atoms with E-state index in [-0.39, 0.29) is 0 Å². The summed E-state index contributed by atoms with van der Waals surface area (Å²) in [6, 6.07) is 8.47. The largest absolute Gasteiger partial charge is 0.385 e. The van der Waals surface area contributed by atoms with E-state index in [9.17, 15) is 0 Å². The lowest BCUT2D eigenvalue weighted by atomic mass is 10.2. The lowest BCUT2D eigenvalue weighted by molar-refractivity contribution is 0.405. The molecule has 1 aromatic rings.